The quantitative estimate of drug-likeness (QED) is 0.179. The molecule has 2 amide bonds. The first-order chi connectivity index (χ1) is 18.6. The number of nitrogens with one attached hydrogen (secondary N) is 2. The average molecular weight is 587 g/mol. The van der Waals surface area contributed by atoms with Crippen LogP contribution in [0.5, 0.6) is 0 Å². The maximum absolute atomic E-state index is 13.6. The molecule has 0 spiro atoms. The van der Waals surface area contributed by atoms with Gasteiger partial charge in [0.2, 0.25) is 11.8 Å². The van der Waals surface area contributed by atoms with Gasteiger partial charge in [-0.1, -0.05) is 101 Å². The van der Waals surface area contributed by atoms with Crippen LogP contribution >= 0.6 is 15.9 Å². The summed E-state index contributed by atoms with van der Waals surface area (Å²) in [4.78, 5) is 26.1. The lowest BCUT2D eigenvalue weighted by Gasteiger charge is -2.27. The molecule has 206 valence electrons. The van der Waals surface area contributed by atoms with E-state index in [1.807, 2.05) is 85.0 Å². The summed E-state index contributed by atoms with van der Waals surface area (Å²) in [7, 11) is 1.56. The van der Waals surface area contributed by atoms with Gasteiger partial charge in [-0.05, 0) is 36.9 Å². The van der Waals surface area contributed by atoms with Crippen molar-refractivity contribution in [1.82, 2.24) is 10.6 Å². The monoisotopic (exact) mass is 585 g/mol. The Kier molecular flexibility index (Phi) is 16.0. The summed E-state index contributed by atoms with van der Waals surface area (Å²) in [6, 6.07) is 19.1. The lowest BCUT2D eigenvalue weighted by atomic mass is 9.95. The van der Waals surface area contributed by atoms with E-state index < -0.39 is 18.1 Å². The number of alkyl halides is 1. The number of hydrogen-bond donors (Lipinski definition) is 3. The molecule has 2 rings (SSSR count). The van der Waals surface area contributed by atoms with Crippen molar-refractivity contribution in [2.75, 3.05) is 32.1 Å². The van der Waals surface area contributed by atoms with Crippen LogP contribution in [0.1, 0.15) is 30.4 Å². The highest BCUT2D eigenvalue weighted by molar-refractivity contribution is 9.09. The van der Waals surface area contributed by atoms with Crippen LogP contribution in [-0.4, -0.2) is 56.1 Å². The Balaban J connectivity index is 2.23. The molecule has 0 unspecified atom stereocenters. The zero-order valence-electron chi connectivity index (χ0n) is 22.1. The van der Waals surface area contributed by atoms with Crippen LogP contribution in [0.3, 0.4) is 0 Å². The maximum atomic E-state index is 13.6. The van der Waals surface area contributed by atoms with Gasteiger partial charge in [-0.25, -0.2) is 0 Å². The van der Waals surface area contributed by atoms with Gasteiger partial charge in [0.1, 0.15) is 6.04 Å². The highest BCUT2D eigenvalue weighted by Crippen LogP contribution is 2.18. The molecule has 0 aromatic heterocycles. The summed E-state index contributed by atoms with van der Waals surface area (Å²) in [6.07, 6.45) is 8.77. The van der Waals surface area contributed by atoms with Gasteiger partial charge in [0.25, 0.3) is 0 Å². The molecule has 2 aromatic rings. The molecule has 2 aromatic carbocycles. The number of nitrogens with two attached hydrogens (primary N) is 1. The number of ether oxygens (including phenoxy) is 2. The molecule has 4 N–H and O–H groups in total. The molecule has 38 heavy (non-hydrogen) atoms. The van der Waals surface area contributed by atoms with Gasteiger partial charge in [-0.3, -0.25) is 9.59 Å². The third-order valence-electron chi connectivity index (χ3n) is 5.92. The van der Waals surface area contributed by atoms with Gasteiger partial charge < -0.3 is 25.8 Å². The van der Waals surface area contributed by atoms with Crippen LogP contribution in [0, 0.1) is 5.92 Å². The average Bonchev–Trinajstić information content (AvgIpc) is 2.95. The van der Waals surface area contributed by atoms with Crippen molar-refractivity contribution in [2.45, 2.75) is 38.0 Å². The number of allylic oxidation sites excluding steroid dienone is 2. The Hall–Kier alpha value is -2.78. The summed E-state index contributed by atoms with van der Waals surface area (Å²) in [5.41, 5.74) is 7.74. The third-order valence-corrected chi connectivity index (χ3v) is 6.29. The maximum Gasteiger partial charge on any atom is 0.242 e. The molecule has 0 heterocycles. The molecule has 0 saturated heterocycles. The van der Waals surface area contributed by atoms with E-state index >= 15 is 0 Å². The molecule has 0 saturated carbocycles. The van der Waals surface area contributed by atoms with Crippen molar-refractivity contribution in [1.29, 1.82) is 0 Å². The Morgan fingerprint density at radius 3 is 2.37 bits per heavy atom. The second-order valence-corrected chi connectivity index (χ2v) is 9.41. The summed E-state index contributed by atoms with van der Waals surface area (Å²) >= 11 is 3.37. The van der Waals surface area contributed by atoms with Crippen molar-refractivity contribution >= 4 is 33.8 Å². The number of benzene rings is 2. The van der Waals surface area contributed by atoms with Crippen molar-refractivity contribution in [3.63, 3.8) is 0 Å². The molecule has 0 fully saturated rings. The van der Waals surface area contributed by atoms with Gasteiger partial charge in [0.15, 0.2) is 0 Å². The van der Waals surface area contributed by atoms with Crippen LogP contribution < -0.4 is 16.4 Å². The molecular formula is C30H40BrN3O4. The normalized spacial score (nSPS) is 13.9. The van der Waals surface area contributed by atoms with Gasteiger partial charge in [0.05, 0.1) is 31.8 Å². The minimum atomic E-state index is -0.671. The molecule has 8 heteroatoms. The standard InChI is InChI=1S/C30H40BrN3O4/c1-33-30(36)27(18-11-20-32)34-29(35)26(17-10-16-24-12-4-2-5-13-24)28(38-21-9-8-19-31)23-37-22-25-14-6-3-7-15-25/h2-10,12-16,26-28H,11,17-23,32H2,1H3,(H,33,36)(H,34,35)/b9-8+,16-10+/t26-,27+,28-/m1/s1. The molecule has 0 bridgehead atoms. The van der Waals surface area contributed by atoms with Crippen LogP contribution in [0.4, 0.5) is 0 Å². The largest absolute Gasteiger partial charge is 0.374 e. The lowest BCUT2D eigenvalue weighted by Crippen LogP contribution is -2.50. The van der Waals surface area contributed by atoms with Gasteiger partial charge in [-0.15, -0.1) is 0 Å². The van der Waals surface area contributed by atoms with Crippen molar-refractivity contribution < 1.29 is 19.1 Å². The van der Waals surface area contributed by atoms with E-state index in [4.69, 9.17) is 15.2 Å². The SMILES string of the molecule is CNC(=O)[C@H](CCCN)NC(=O)[C@H](C/C=C/c1ccccc1)[C@@H](COCc1ccccc1)OC/C=C/CBr. The first kappa shape index (κ1) is 31.4. The second kappa shape index (κ2) is 19.3. The van der Waals surface area contributed by atoms with Gasteiger partial charge in [-0.2, -0.15) is 0 Å². The first-order valence-corrected chi connectivity index (χ1v) is 14.1. The molecule has 0 aliphatic rings. The molecule has 0 aliphatic heterocycles. The minimum Gasteiger partial charge on any atom is -0.374 e. The fraction of sp³-hybridized carbons (Fsp3) is 0.400. The number of rotatable bonds is 18. The Morgan fingerprint density at radius 1 is 1.00 bits per heavy atom. The fourth-order valence-electron chi connectivity index (χ4n) is 3.84. The summed E-state index contributed by atoms with van der Waals surface area (Å²) < 4.78 is 12.2. The first-order valence-electron chi connectivity index (χ1n) is 13.0. The van der Waals surface area contributed by atoms with Crippen LogP contribution in [0.25, 0.3) is 6.08 Å². The molecule has 0 aliphatic carbocycles. The summed E-state index contributed by atoms with van der Waals surface area (Å²) in [5.74, 6) is -1.08. The van der Waals surface area contributed by atoms with Crippen molar-refractivity contribution in [3.05, 3.63) is 90.0 Å². The highest BCUT2D eigenvalue weighted by atomic mass is 79.9. The molecular weight excluding hydrogens is 546 g/mol. The third kappa shape index (κ3) is 12.2. The topological polar surface area (TPSA) is 103 Å². The number of halogens is 1. The molecule has 0 radical (unpaired) electrons. The number of amides is 2. The van der Waals surface area contributed by atoms with E-state index in [0.29, 0.717) is 44.4 Å². The summed E-state index contributed by atoms with van der Waals surface area (Å²) in [5, 5.41) is 6.29. The van der Waals surface area contributed by atoms with E-state index in [1.54, 1.807) is 7.05 Å². The van der Waals surface area contributed by atoms with E-state index in [-0.39, 0.29) is 18.4 Å². The zero-order chi connectivity index (χ0) is 27.4. The van der Waals surface area contributed by atoms with E-state index in [2.05, 4.69) is 26.6 Å². The zero-order valence-corrected chi connectivity index (χ0v) is 23.6. The van der Waals surface area contributed by atoms with E-state index in [0.717, 1.165) is 11.1 Å². The lowest BCUT2D eigenvalue weighted by molar-refractivity contribution is -0.136. The van der Waals surface area contributed by atoms with E-state index in [9.17, 15) is 9.59 Å². The number of carbonyl (C=O) groups excluding carboxylic acids is 2. The Bertz CT molecular complexity index is 986. The van der Waals surface area contributed by atoms with Crippen LogP contribution in [0.2, 0.25) is 0 Å². The predicted octanol–water partition coefficient (Wildman–Crippen LogP) is 4.23. The second-order valence-electron chi connectivity index (χ2n) is 8.76. The summed E-state index contributed by atoms with van der Waals surface area (Å²) in [6.45, 7) is 1.40. The highest BCUT2D eigenvalue weighted by Gasteiger charge is 2.31. The number of hydrogen-bond acceptors (Lipinski definition) is 5. The fourth-order valence-corrected chi connectivity index (χ4v) is 4.11. The Labute approximate surface area is 235 Å². The number of carbonyl (C=O) groups is 2. The van der Waals surface area contributed by atoms with Crippen LogP contribution in [-0.2, 0) is 25.7 Å². The van der Waals surface area contributed by atoms with E-state index in [1.165, 1.54) is 0 Å². The van der Waals surface area contributed by atoms with Gasteiger partial charge in [0, 0.05) is 12.4 Å². The smallest absolute Gasteiger partial charge is 0.242 e. The number of likely N-dealkylation sites (N-methyl/N-ethyl adjacent to an activating group) is 1. The predicted molar refractivity (Wildman–Crippen MR) is 157 cm³/mol. The minimum absolute atomic E-state index is 0.224. The molecule has 7 nitrogen and oxygen atoms in total. The van der Waals surface area contributed by atoms with Crippen LogP contribution in [0.15, 0.2) is 78.9 Å². The van der Waals surface area contributed by atoms with Gasteiger partial charge >= 0.3 is 0 Å². The Morgan fingerprint density at radius 2 is 1.71 bits per heavy atom. The van der Waals surface area contributed by atoms with Crippen molar-refractivity contribution in [2.24, 2.45) is 11.7 Å². The van der Waals surface area contributed by atoms with Crippen molar-refractivity contribution in [3.8, 4) is 0 Å². The molecule has 3 atom stereocenters.